The number of hydrogen-bond donors (Lipinski definition) is 2. The molecule has 158 valence electrons. The van der Waals surface area contributed by atoms with Gasteiger partial charge in [0.15, 0.2) is 11.5 Å². The maximum Gasteiger partial charge on any atom is 0.221 e. The monoisotopic (exact) mass is 440 g/mol. The van der Waals surface area contributed by atoms with Crippen molar-refractivity contribution in [3.05, 3.63) is 58.6 Å². The van der Waals surface area contributed by atoms with Crippen molar-refractivity contribution in [1.82, 2.24) is 10.0 Å². The van der Waals surface area contributed by atoms with Crippen LogP contribution in [0.3, 0.4) is 0 Å². The van der Waals surface area contributed by atoms with Crippen molar-refractivity contribution in [2.75, 3.05) is 27.0 Å². The minimum Gasteiger partial charge on any atom is -0.493 e. The smallest absolute Gasteiger partial charge is 0.221 e. The van der Waals surface area contributed by atoms with E-state index in [9.17, 15) is 13.2 Å². The third-order valence-corrected chi connectivity index (χ3v) is 5.17. The van der Waals surface area contributed by atoms with Gasteiger partial charge in [0.25, 0.3) is 0 Å². The van der Waals surface area contributed by atoms with E-state index in [2.05, 4.69) is 10.0 Å². The van der Waals surface area contributed by atoms with E-state index in [0.29, 0.717) is 35.1 Å². The second-order valence-corrected chi connectivity index (χ2v) is 8.70. The molecule has 0 aliphatic rings. The van der Waals surface area contributed by atoms with Gasteiger partial charge in [0.1, 0.15) is 0 Å². The third-order valence-electron chi connectivity index (χ3n) is 4.20. The molecule has 2 N–H and O–H groups in total. The predicted octanol–water partition coefficient (Wildman–Crippen LogP) is 2.70. The number of nitrogens with one attached hydrogen (secondary N) is 2. The summed E-state index contributed by atoms with van der Waals surface area (Å²) >= 11 is 5.89. The maximum absolute atomic E-state index is 12.4. The van der Waals surface area contributed by atoms with Crippen LogP contribution in [-0.4, -0.2) is 41.3 Å². The van der Waals surface area contributed by atoms with Crippen LogP contribution in [0.15, 0.2) is 42.5 Å². The van der Waals surface area contributed by atoms with Gasteiger partial charge < -0.3 is 14.8 Å². The van der Waals surface area contributed by atoms with E-state index in [1.807, 2.05) is 18.2 Å². The Morgan fingerprint density at radius 1 is 1.07 bits per heavy atom. The van der Waals surface area contributed by atoms with E-state index in [4.69, 9.17) is 21.1 Å². The Morgan fingerprint density at radius 2 is 1.72 bits per heavy atom. The van der Waals surface area contributed by atoms with Gasteiger partial charge in [-0.15, -0.1) is 0 Å². The van der Waals surface area contributed by atoms with Gasteiger partial charge >= 0.3 is 0 Å². The normalized spacial score (nSPS) is 12.3. The first-order valence-corrected chi connectivity index (χ1v) is 11.2. The van der Waals surface area contributed by atoms with Gasteiger partial charge in [-0.05, 0) is 41.8 Å². The van der Waals surface area contributed by atoms with Gasteiger partial charge in [-0.25, -0.2) is 13.1 Å². The van der Waals surface area contributed by atoms with Gasteiger partial charge in [-0.1, -0.05) is 29.8 Å². The molecule has 1 atom stereocenters. The third kappa shape index (κ3) is 7.56. The fourth-order valence-corrected chi connectivity index (χ4v) is 3.68. The van der Waals surface area contributed by atoms with Crippen LogP contribution in [0.4, 0.5) is 0 Å². The van der Waals surface area contributed by atoms with Gasteiger partial charge in [-0.3, -0.25) is 4.79 Å². The van der Waals surface area contributed by atoms with Crippen LogP contribution >= 0.6 is 11.6 Å². The number of methoxy groups -OCH3 is 2. The van der Waals surface area contributed by atoms with Crippen molar-refractivity contribution in [3.8, 4) is 11.5 Å². The molecule has 2 rings (SSSR count). The Balaban J connectivity index is 1.96. The molecule has 0 spiro atoms. The minimum atomic E-state index is -3.49. The molecule has 0 saturated heterocycles. The number of carbonyl (C=O) groups is 1. The molecule has 7 nitrogen and oxygen atoms in total. The molecule has 0 unspecified atom stereocenters. The van der Waals surface area contributed by atoms with Gasteiger partial charge in [0.05, 0.1) is 26.5 Å². The number of rotatable bonds is 10. The molecule has 29 heavy (non-hydrogen) atoms. The zero-order valence-electron chi connectivity index (χ0n) is 16.6. The van der Waals surface area contributed by atoms with Gasteiger partial charge in [0, 0.05) is 18.0 Å². The summed E-state index contributed by atoms with van der Waals surface area (Å²) in [7, 11) is -0.360. The van der Waals surface area contributed by atoms with E-state index in [-0.39, 0.29) is 12.3 Å². The lowest BCUT2D eigenvalue weighted by Crippen LogP contribution is -2.34. The summed E-state index contributed by atoms with van der Waals surface area (Å²) in [5.74, 6) is 0.996. The SMILES string of the molecule is COc1ccc(CCNC(=O)C[C@@H](NS(C)(=O)=O)c2ccc(Cl)cc2)cc1OC. The highest BCUT2D eigenvalue weighted by molar-refractivity contribution is 7.88. The molecule has 1 amide bonds. The lowest BCUT2D eigenvalue weighted by atomic mass is 10.0. The number of sulfonamides is 1. The zero-order chi connectivity index (χ0) is 21.4. The van der Waals surface area contributed by atoms with Crippen molar-refractivity contribution in [3.63, 3.8) is 0 Å². The molecule has 0 saturated carbocycles. The topological polar surface area (TPSA) is 93.7 Å². The lowest BCUT2D eigenvalue weighted by molar-refractivity contribution is -0.121. The van der Waals surface area contributed by atoms with E-state index in [1.54, 1.807) is 38.5 Å². The Labute approximate surface area is 176 Å². The highest BCUT2D eigenvalue weighted by Gasteiger charge is 2.19. The molecule has 2 aromatic carbocycles. The van der Waals surface area contributed by atoms with E-state index < -0.39 is 16.1 Å². The van der Waals surface area contributed by atoms with E-state index in [0.717, 1.165) is 11.8 Å². The van der Waals surface area contributed by atoms with Crippen LogP contribution in [-0.2, 0) is 21.2 Å². The number of amides is 1. The second-order valence-electron chi connectivity index (χ2n) is 6.49. The highest BCUT2D eigenvalue weighted by Crippen LogP contribution is 2.27. The summed E-state index contributed by atoms with van der Waals surface area (Å²) in [6.45, 7) is 0.403. The summed E-state index contributed by atoms with van der Waals surface area (Å²) in [5.41, 5.74) is 1.64. The van der Waals surface area contributed by atoms with Crippen molar-refractivity contribution in [1.29, 1.82) is 0 Å². The number of halogens is 1. The van der Waals surface area contributed by atoms with Crippen LogP contribution in [0, 0.1) is 0 Å². The standard InChI is InChI=1S/C20H25ClN2O5S/c1-27-18-9-4-14(12-19(18)28-2)10-11-22-20(24)13-17(23-29(3,25)26)15-5-7-16(21)8-6-15/h4-9,12,17,23H,10-11,13H2,1-3H3,(H,22,24)/t17-/m1/s1. The largest absolute Gasteiger partial charge is 0.493 e. The predicted molar refractivity (Wildman–Crippen MR) is 113 cm³/mol. The van der Waals surface area contributed by atoms with Gasteiger partial charge in [-0.2, -0.15) is 0 Å². The average Bonchev–Trinajstić information content (AvgIpc) is 2.66. The number of ether oxygens (including phenoxy) is 2. The maximum atomic E-state index is 12.4. The quantitative estimate of drug-likeness (QED) is 0.592. The van der Waals surface area contributed by atoms with Crippen LogP contribution in [0.5, 0.6) is 11.5 Å². The molecule has 0 aliphatic carbocycles. The Bertz CT molecular complexity index is 932. The van der Waals surface area contributed by atoms with E-state index in [1.165, 1.54) is 0 Å². The van der Waals surface area contributed by atoms with Crippen molar-refractivity contribution >= 4 is 27.5 Å². The first kappa shape index (κ1) is 23.0. The Morgan fingerprint density at radius 3 is 2.31 bits per heavy atom. The summed E-state index contributed by atoms with van der Waals surface area (Å²) < 4.78 is 36.3. The van der Waals surface area contributed by atoms with Crippen LogP contribution in [0.1, 0.15) is 23.6 Å². The zero-order valence-corrected chi connectivity index (χ0v) is 18.1. The summed E-state index contributed by atoms with van der Waals surface area (Å²) in [6, 6.07) is 11.6. The fraction of sp³-hybridized carbons (Fsp3) is 0.350. The summed E-state index contributed by atoms with van der Waals surface area (Å²) in [6.07, 6.45) is 1.63. The van der Waals surface area contributed by atoms with E-state index >= 15 is 0 Å². The molecule has 9 heteroatoms. The first-order chi connectivity index (χ1) is 13.7. The highest BCUT2D eigenvalue weighted by atomic mass is 35.5. The minimum absolute atomic E-state index is 0.0271. The molecule has 0 heterocycles. The average molecular weight is 441 g/mol. The number of benzene rings is 2. The van der Waals surface area contributed by atoms with Crippen molar-refractivity contribution in [2.24, 2.45) is 0 Å². The molecule has 0 bridgehead atoms. The van der Waals surface area contributed by atoms with Crippen molar-refractivity contribution in [2.45, 2.75) is 18.9 Å². The van der Waals surface area contributed by atoms with Gasteiger partial charge in [0.2, 0.25) is 15.9 Å². The second kappa shape index (κ2) is 10.5. The van der Waals surface area contributed by atoms with Crippen LogP contribution in [0.25, 0.3) is 0 Å². The molecule has 0 fully saturated rings. The molecule has 0 aromatic heterocycles. The van der Waals surface area contributed by atoms with Crippen molar-refractivity contribution < 1.29 is 22.7 Å². The molecule has 0 aliphatic heterocycles. The summed E-state index contributed by atoms with van der Waals surface area (Å²) in [4.78, 5) is 12.4. The van der Waals surface area contributed by atoms with Crippen LogP contribution in [0.2, 0.25) is 5.02 Å². The molecular weight excluding hydrogens is 416 g/mol. The lowest BCUT2D eigenvalue weighted by Gasteiger charge is -2.18. The van der Waals surface area contributed by atoms with Crippen LogP contribution < -0.4 is 19.5 Å². The first-order valence-electron chi connectivity index (χ1n) is 8.92. The molecule has 0 radical (unpaired) electrons. The Kier molecular flexibility index (Phi) is 8.31. The number of hydrogen-bond acceptors (Lipinski definition) is 5. The molecular formula is C20H25ClN2O5S. The molecule has 2 aromatic rings. The summed E-state index contributed by atoms with van der Waals surface area (Å²) in [5, 5.41) is 3.36. The Hall–Kier alpha value is -2.29. The fourth-order valence-electron chi connectivity index (χ4n) is 2.82. The number of carbonyl (C=O) groups excluding carboxylic acids is 1.